The van der Waals surface area contributed by atoms with Gasteiger partial charge < -0.3 is 5.32 Å². The molecule has 7 heteroatoms. The van der Waals surface area contributed by atoms with E-state index < -0.39 is 10.0 Å². The normalized spacial score (nSPS) is 15.1. The van der Waals surface area contributed by atoms with Gasteiger partial charge >= 0.3 is 0 Å². The smallest absolute Gasteiger partial charge is 0.261 e. The molecular weight excluding hydrogens is 360 g/mol. The van der Waals surface area contributed by atoms with Gasteiger partial charge in [0.25, 0.3) is 15.9 Å². The van der Waals surface area contributed by atoms with Crippen LogP contribution in [0.25, 0.3) is 0 Å². The summed E-state index contributed by atoms with van der Waals surface area (Å²) in [6, 6.07) is 12.8. The fourth-order valence-corrected chi connectivity index (χ4v) is 4.27. The molecule has 1 amide bonds. The first-order valence-electron chi connectivity index (χ1n) is 8.14. The van der Waals surface area contributed by atoms with Crippen LogP contribution < -0.4 is 10.0 Å². The van der Waals surface area contributed by atoms with E-state index in [9.17, 15) is 13.2 Å². The summed E-state index contributed by atoms with van der Waals surface area (Å²) < 4.78 is 27.2. The molecule has 25 heavy (non-hydrogen) atoms. The zero-order chi connectivity index (χ0) is 17.9. The molecule has 2 aromatic rings. The lowest BCUT2D eigenvalue weighted by atomic mass is 10.1. The third kappa shape index (κ3) is 4.32. The second kappa shape index (κ2) is 7.45. The standard InChI is InChI=1S/C18H19ClN2O3S/c19-16-12-13(18(22)20-14-6-4-5-7-14)10-11-17(16)21-25(23,24)15-8-2-1-3-9-15/h1-3,8-12,14,21H,4-7H2,(H,20,22). The second-order valence-corrected chi connectivity index (χ2v) is 8.16. The maximum Gasteiger partial charge on any atom is 0.261 e. The summed E-state index contributed by atoms with van der Waals surface area (Å²) in [7, 11) is -3.72. The molecule has 5 nitrogen and oxygen atoms in total. The number of hydrogen-bond acceptors (Lipinski definition) is 3. The zero-order valence-corrected chi connectivity index (χ0v) is 15.1. The fourth-order valence-electron chi connectivity index (χ4n) is 2.88. The minimum absolute atomic E-state index is 0.147. The third-order valence-electron chi connectivity index (χ3n) is 4.22. The molecule has 0 unspecified atom stereocenters. The number of nitrogens with one attached hydrogen (secondary N) is 2. The van der Waals surface area contributed by atoms with Crippen LogP contribution in [-0.4, -0.2) is 20.4 Å². The van der Waals surface area contributed by atoms with Gasteiger partial charge in [0.2, 0.25) is 0 Å². The average Bonchev–Trinajstić information content (AvgIpc) is 3.10. The molecule has 1 aliphatic carbocycles. The average molecular weight is 379 g/mol. The molecule has 3 rings (SSSR count). The summed E-state index contributed by atoms with van der Waals surface area (Å²) in [5.41, 5.74) is 0.655. The van der Waals surface area contributed by atoms with E-state index >= 15 is 0 Å². The summed E-state index contributed by atoms with van der Waals surface area (Å²) in [6.07, 6.45) is 4.25. The quantitative estimate of drug-likeness (QED) is 0.830. The van der Waals surface area contributed by atoms with E-state index in [0.29, 0.717) is 5.56 Å². The largest absolute Gasteiger partial charge is 0.349 e. The summed E-state index contributed by atoms with van der Waals surface area (Å²) in [4.78, 5) is 12.4. The van der Waals surface area contributed by atoms with Crippen molar-refractivity contribution in [3.8, 4) is 0 Å². The number of carbonyl (C=O) groups is 1. The van der Waals surface area contributed by atoms with Crippen LogP contribution in [0.1, 0.15) is 36.0 Å². The van der Waals surface area contributed by atoms with Gasteiger partial charge in [-0.1, -0.05) is 42.6 Å². The SMILES string of the molecule is O=C(NC1CCCC1)c1ccc(NS(=O)(=O)c2ccccc2)c(Cl)c1. The van der Waals surface area contributed by atoms with Crippen molar-refractivity contribution in [2.45, 2.75) is 36.6 Å². The molecule has 132 valence electrons. The van der Waals surface area contributed by atoms with Crippen LogP contribution in [0.2, 0.25) is 5.02 Å². The first-order valence-corrected chi connectivity index (χ1v) is 10.00. The van der Waals surface area contributed by atoms with Crippen LogP contribution in [-0.2, 0) is 10.0 Å². The minimum atomic E-state index is -3.72. The van der Waals surface area contributed by atoms with E-state index in [1.165, 1.54) is 24.3 Å². The second-order valence-electron chi connectivity index (χ2n) is 6.07. The number of sulfonamides is 1. The van der Waals surface area contributed by atoms with Gasteiger partial charge in [0, 0.05) is 11.6 Å². The summed E-state index contributed by atoms with van der Waals surface area (Å²) in [6.45, 7) is 0. The maximum atomic E-state index is 12.4. The number of rotatable bonds is 5. The van der Waals surface area contributed by atoms with Crippen LogP contribution in [0.5, 0.6) is 0 Å². The van der Waals surface area contributed by atoms with Gasteiger partial charge in [-0.3, -0.25) is 9.52 Å². The number of anilines is 1. The van der Waals surface area contributed by atoms with Gasteiger partial charge in [0.15, 0.2) is 0 Å². The minimum Gasteiger partial charge on any atom is -0.349 e. The first kappa shape index (κ1) is 17.8. The van der Waals surface area contributed by atoms with Crippen molar-refractivity contribution in [1.82, 2.24) is 5.32 Å². The molecule has 0 radical (unpaired) electrons. The summed E-state index contributed by atoms with van der Waals surface area (Å²) >= 11 is 6.18. The van der Waals surface area contributed by atoms with Crippen LogP contribution >= 0.6 is 11.6 Å². The van der Waals surface area contributed by atoms with Gasteiger partial charge in [-0.2, -0.15) is 0 Å². The molecule has 1 saturated carbocycles. The van der Waals surface area contributed by atoms with Crippen molar-refractivity contribution in [1.29, 1.82) is 0 Å². The predicted molar refractivity (Wildman–Crippen MR) is 98.4 cm³/mol. The Bertz CT molecular complexity index is 863. The number of halogens is 1. The van der Waals surface area contributed by atoms with Crippen molar-refractivity contribution < 1.29 is 13.2 Å². The summed E-state index contributed by atoms with van der Waals surface area (Å²) in [5, 5.41) is 3.16. The highest BCUT2D eigenvalue weighted by Crippen LogP contribution is 2.26. The van der Waals surface area contributed by atoms with E-state index in [1.54, 1.807) is 24.3 Å². The molecule has 0 aromatic heterocycles. The Hall–Kier alpha value is -2.05. The highest BCUT2D eigenvalue weighted by Gasteiger charge is 2.19. The number of hydrogen-bond donors (Lipinski definition) is 2. The Labute approximate surface area is 152 Å². The molecule has 0 aliphatic heterocycles. The van der Waals surface area contributed by atoms with E-state index in [1.807, 2.05) is 0 Å². The number of carbonyl (C=O) groups excluding carboxylic acids is 1. The van der Waals surface area contributed by atoms with Crippen LogP contribution in [0.3, 0.4) is 0 Å². The molecule has 1 aliphatic rings. The fraction of sp³-hybridized carbons (Fsp3) is 0.278. The molecule has 0 heterocycles. The Balaban J connectivity index is 1.74. The van der Waals surface area contributed by atoms with Gasteiger partial charge in [-0.05, 0) is 43.2 Å². The van der Waals surface area contributed by atoms with Crippen LogP contribution in [0.4, 0.5) is 5.69 Å². The molecule has 0 atom stereocenters. The molecule has 2 N–H and O–H groups in total. The lowest BCUT2D eigenvalue weighted by molar-refractivity contribution is 0.0938. The van der Waals surface area contributed by atoms with Crippen molar-refractivity contribution in [3.63, 3.8) is 0 Å². The lowest BCUT2D eigenvalue weighted by Gasteiger charge is -2.13. The van der Waals surface area contributed by atoms with Gasteiger partial charge in [0.1, 0.15) is 0 Å². The van der Waals surface area contributed by atoms with Gasteiger partial charge in [0.05, 0.1) is 15.6 Å². The molecule has 2 aromatic carbocycles. The zero-order valence-electron chi connectivity index (χ0n) is 13.5. The van der Waals surface area contributed by atoms with Gasteiger partial charge in [-0.25, -0.2) is 8.42 Å². The van der Waals surface area contributed by atoms with Crippen molar-refractivity contribution in [3.05, 3.63) is 59.1 Å². The number of amides is 1. The van der Waals surface area contributed by atoms with Crippen LogP contribution in [0, 0.1) is 0 Å². The lowest BCUT2D eigenvalue weighted by Crippen LogP contribution is -2.32. The molecule has 0 bridgehead atoms. The van der Waals surface area contributed by atoms with Crippen molar-refractivity contribution >= 4 is 33.2 Å². The van der Waals surface area contributed by atoms with Crippen molar-refractivity contribution in [2.24, 2.45) is 0 Å². The van der Waals surface area contributed by atoms with E-state index in [0.717, 1.165) is 25.7 Å². The topological polar surface area (TPSA) is 75.3 Å². The Morgan fingerprint density at radius 1 is 1.04 bits per heavy atom. The summed E-state index contributed by atoms with van der Waals surface area (Å²) in [5.74, 6) is -0.189. The Kier molecular flexibility index (Phi) is 5.30. The first-order chi connectivity index (χ1) is 12.0. The number of benzene rings is 2. The Morgan fingerprint density at radius 2 is 1.72 bits per heavy atom. The van der Waals surface area contributed by atoms with Crippen molar-refractivity contribution in [2.75, 3.05) is 4.72 Å². The van der Waals surface area contributed by atoms with E-state index in [-0.39, 0.29) is 27.6 Å². The van der Waals surface area contributed by atoms with E-state index in [2.05, 4.69) is 10.0 Å². The van der Waals surface area contributed by atoms with E-state index in [4.69, 9.17) is 11.6 Å². The maximum absolute atomic E-state index is 12.4. The van der Waals surface area contributed by atoms with Gasteiger partial charge in [-0.15, -0.1) is 0 Å². The third-order valence-corrected chi connectivity index (χ3v) is 5.91. The molecule has 1 fully saturated rings. The molecule has 0 saturated heterocycles. The monoisotopic (exact) mass is 378 g/mol. The highest BCUT2D eigenvalue weighted by molar-refractivity contribution is 7.92. The predicted octanol–water partition coefficient (Wildman–Crippen LogP) is 3.81. The van der Waals surface area contributed by atoms with Crippen LogP contribution in [0.15, 0.2) is 53.4 Å². The molecular formula is C18H19ClN2O3S. The Morgan fingerprint density at radius 3 is 2.36 bits per heavy atom. The highest BCUT2D eigenvalue weighted by atomic mass is 35.5. The molecule has 0 spiro atoms.